The van der Waals surface area contributed by atoms with Crippen molar-refractivity contribution in [2.75, 3.05) is 6.61 Å². The molecule has 0 fully saturated rings. The first-order chi connectivity index (χ1) is 9.16. The molecule has 1 aromatic carbocycles. The Hall–Kier alpha value is 0.617. The number of halogens is 2. The van der Waals surface area contributed by atoms with Gasteiger partial charge in [-0.1, -0.05) is 0 Å². The van der Waals surface area contributed by atoms with Crippen LogP contribution in [0.15, 0.2) is 30.3 Å². The number of hydrogen-bond donors (Lipinski definition) is 1. The van der Waals surface area contributed by atoms with Crippen molar-refractivity contribution >= 4 is 35.7 Å². The van der Waals surface area contributed by atoms with Crippen LogP contribution in [0, 0.1) is 0 Å². The zero-order chi connectivity index (χ0) is 16.3. The van der Waals surface area contributed by atoms with Crippen molar-refractivity contribution in [3.63, 3.8) is 0 Å². The summed E-state index contributed by atoms with van der Waals surface area (Å²) in [6.07, 6.45) is 3.90. The van der Waals surface area contributed by atoms with E-state index in [9.17, 15) is 7.92 Å². The van der Waals surface area contributed by atoms with Crippen molar-refractivity contribution in [2.24, 2.45) is 0 Å². The van der Waals surface area contributed by atoms with Crippen molar-refractivity contribution in [3.8, 4) is 0 Å². The number of aliphatic hydroxyl groups excluding tert-OH is 1. The topological polar surface area (TPSA) is 37.3 Å². The molecule has 0 aliphatic heterocycles. The molecule has 0 aromatic heterocycles. The van der Waals surface area contributed by atoms with Crippen LogP contribution >= 0.6 is 17.0 Å². The summed E-state index contributed by atoms with van der Waals surface area (Å²) in [6, 6.07) is 8.32. The zero-order valence-corrected chi connectivity index (χ0v) is 20.0. The molecule has 1 atom stereocenters. The van der Waals surface area contributed by atoms with E-state index < -0.39 is 20.6 Å². The van der Waals surface area contributed by atoms with Crippen LogP contribution < -0.4 is 0 Å². The average Bonchev–Trinajstić information content (AvgIpc) is 2.71. The summed E-state index contributed by atoms with van der Waals surface area (Å²) in [5.74, 6) is 0. The van der Waals surface area contributed by atoms with Gasteiger partial charge in [-0.25, -0.2) is 0 Å². The summed E-state index contributed by atoms with van der Waals surface area (Å²) < 4.78 is 15.9. The van der Waals surface area contributed by atoms with Gasteiger partial charge in [0, 0.05) is 0 Å². The molecule has 0 amide bonds. The fraction of sp³-hybridized carbons (Fsp3) is 0.429. The Morgan fingerprint density at radius 3 is 2.48 bits per heavy atom. The summed E-state index contributed by atoms with van der Waals surface area (Å²) >= 11 is -6.23. The third-order valence-corrected chi connectivity index (χ3v) is 109. The number of allylic oxidation sites excluding steroid dienone is 1. The number of aliphatic hydroxyl groups is 1. The Kier molecular flexibility index (Phi) is 3.41. The molecule has 0 saturated heterocycles. The average molecular weight is 443 g/mol. The number of fused-ring (bicyclic) bond motifs is 1. The molecule has 1 aliphatic rings. The van der Waals surface area contributed by atoms with Crippen LogP contribution in [0.3, 0.4) is 0 Å². The van der Waals surface area contributed by atoms with Crippen LogP contribution in [0.4, 0.5) is 0 Å². The molecular weight excluding hydrogens is 418 g/mol. The van der Waals surface area contributed by atoms with Crippen molar-refractivity contribution in [1.29, 1.82) is 0 Å². The van der Waals surface area contributed by atoms with Crippen molar-refractivity contribution < 1.29 is 19.7 Å². The van der Waals surface area contributed by atoms with Crippen LogP contribution in [0.25, 0.3) is 6.08 Å². The third kappa shape index (κ3) is 2.40. The Balaban J connectivity index is 2.82. The summed E-state index contributed by atoms with van der Waals surface area (Å²) in [6.45, 7) is 3.92. The first-order valence-electron chi connectivity index (χ1n) is 7.36. The van der Waals surface area contributed by atoms with Crippen LogP contribution in [-0.4, -0.2) is 24.3 Å². The van der Waals surface area contributed by atoms with E-state index in [-0.39, 0.29) is 14.0 Å². The first-order valence-corrected chi connectivity index (χ1v) is 33.8. The number of hydrogen-bond acceptors (Lipinski definition) is 2. The van der Waals surface area contributed by atoms with Crippen molar-refractivity contribution in [2.45, 2.75) is 27.4 Å². The fourth-order valence-electron chi connectivity index (χ4n) is 3.34. The Morgan fingerprint density at radius 1 is 1.33 bits per heavy atom. The van der Waals surface area contributed by atoms with Gasteiger partial charge in [0.25, 0.3) is 0 Å². The maximum atomic E-state index is 14.7. The normalized spacial score (nSPS) is 23.9. The van der Waals surface area contributed by atoms with Gasteiger partial charge >= 0.3 is 131 Å². The maximum absolute atomic E-state index is 14.7. The van der Waals surface area contributed by atoms with Gasteiger partial charge in [-0.15, -0.1) is 0 Å². The quantitative estimate of drug-likeness (QED) is 0.722. The van der Waals surface area contributed by atoms with Crippen LogP contribution in [0.2, 0.25) is 23.8 Å². The van der Waals surface area contributed by atoms with Gasteiger partial charge < -0.3 is 0 Å². The van der Waals surface area contributed by atoms with Gasteiger partial charge in [-0.2, -0.15) is 0 Å². The third-order valence-electron chi connectivity index (χ3n) is 6.21. The fourth-order valence-corrected chi connectivity index (χ4v) is 39.5. The minimum absolute atomic E-state index is 0.0230. The van der Waals surface area contributed by atoms with Gasteiger partial charge in [0.05, 0.1) is 0 Å². The Bertz CT molecular complexity index is 743. The summed E-state index contributed by atoms with van der Waals surface area (Å²) in [7, 11) is 14.6. The van der Waals surface area contributed by atoms with E-state index in [2.05, 4.69) is 0 Å². The second-order valence-corrected chi connectivity index (χ2v) is 111. The Labute approximate surface area is 130 Å². The molecule has 21 heavy (non-hydrogen) atoms. The van der Waals surface area contributed by atoms with Gasteiger partial charge in [0.1, 0.15) is 0 Å². The molecule has 7 heteroatoms. The van der Waals surface area contributed by atoms with Crippen molar-refractivity contribution in [1.82, 2.24) is 0 Å². The second kappa shape index (κ2) is 3.99. The number of rotatable bonds is 4. The molecule has 0 spiro atoms. The molecule has 1 aromatic rings. The Morgan fingerprint density at radius 2 is 1.90 bits per heavy atom. The predicted octanol–water partition coefficient (Wildman–Crippen LogP) is 3.69. The van der Waals surface area contributed by atoms with Crippen molar-refractivity contribution in [3.05, 3.63) is 41.5 Å². The molecule has 1 aliphatic carbocycles. The monoisotopic (exact) mass is 440 g/mol. The van der Waals surface area contributed by atoms with Gasteiger partial charge in [-0.05, 0) is 0 Å². The molecule has 1 N–H and O–H groups in total. The minimum atomic E-state index is -6.23. The van der Waals surface area contributed by atoms with E-state index in [1.807, 2.05) is 49.5 Å². The molecule has 2 nitrogen and oxygen atoms in total. The first kappa shape index (κ1) is 18.0. The molecule has 0 saturated carbocycles. The summed E-state index contributed by atoms with van der Waals surface area (Å²) in [5, 5.41) is 6.84. The van der Waals surface area contributed by atoms with E-state index in [1.165, 1.54) is 0 Å². The van der Waals surface area contributed by atoms with Crippen LogP contribution in [0.1, 0.15) is 14.8 Å². The molecule has 2 rings (SSSR count). The van der Waals surface area contributed by atoms with E-state index >= 15 is 0 Å². The predicted molar refractivity (Wildman–Crippen MR) is 95.8 cm³/mol. The standard InChI is InChI=1S/C9H7.C4H11OSi.CH3.2ClH.O.H3Si.Zr/c1-2-5-9-7-3-6-8(9)4-1;1-6(2)4-3-5;;;;;;/h1-7H;5H,3-4H2,1-2H3;1H3;2*1H;;1H3;/q;;;;;;;+2/p-2. The summed E-state index contributed by atoms with van der Waals surface area (Å²) in [4.78, 5) is 0. The van der Waals surface area contributed by atoms with E-state index in [1.54, 1.807) is 4.63 Å². The van der Waals surface area contributed by atoms with Gasteiger partial charge in [0.2, 0.25) is 0 Å². The molecule has 1 unspecified atom stereocenters. The zero-order valence-electron chi connectivity index (χ0n) is 13.1. The summed E-state index contributed by atoms with van der Waals surface area (Å²) in [5.41, 5.74) is 2.01. The van der Waals surface area contributed by atoms with E-state index in [0.29, 0.717) is 6.04 Å². The van der Waals surface area contributed by atoms with Crippen LogP contribution in [-0.2, 0) is 14.6 Å². The van der Waals surface area contributed by atoms with Gasteiger partial charge in [-0.3, -0.25) is 0 Å². The molecule has 0 radical (unpaired) electrons. The van der Waals surface area contributed by atoms with E-state index in [0.717, 1.165) is 11.1 Å². The second-order valence-electron chi connectivity index (χ2n) is 8.56. The SMILES string of the molecule is C[Si](C)(CCO)[Zr]([CH3])(=[O])([SiH3])([Cl])([Cl])[CH]1C=Cc2ccccc21. The van der Waals surface area contributed by atoms with Gasteiger partial charge in [0.15, 0.2) is 0 Å². The van der Waals surface area contributed by atoms with Crippen LogP contribution in [0.5, 0.6) is 0 Å². The molecule has 0 heterocycles. The molecule has 118 valence electrons. The number of benzene rings is 1. The molecule has 0 bridgehead atoms. The van der Waals surface area contributed by atoms with E-state index in [4.69, 9.17) is 17.0 Å². The molecular formula is C14H24Cl2O2Si2Zr.